The van der Waals surface area contributed by atoms with Crippen molar-refractivity contribution in [1.29, 1.82) is 0 Å². The molecule has 0 bridgehead atoms. The molecule has 2 amide bonds. The van der Waals surface area contributed by atoms with Crippen LogP contribution in [0.25, 0.3) is 0 Å². The van der Waals surface area contributed by atoms with Crippen molar-refractivity contribution in [3.05, 3.63) is 90.2 Å². The Morgan fingerprint density at radius 2 is 1.58 bits per heavy atom. The molecule has 0 spiro atoms. The Bertz CT molecular complexity index is 1170. The largest absolute Gasteiger partial charge is 0.494 e. The normalized spacial score (nSPS) is 22.1. The molecule has 3 atom stereocenters. The van der Waals surface area contributed by atoms with E-state index in [9.17, 15) is 14.0 Å². The van der Waals surface area contributed by atoms with Gasteiger partial charge in [0.05, 0.1) is 24.0 Å². The van der Waals surface area contributed by atoms with Gasteiger partial charge >= 0.3 is 0 Å². The number of hydroxylamine groups is 1. The van der Waals surface area contributed by atoms with Crippen LogP contribution >= 0.6 is 0 Å². The van der Waals surface area contributed by atoms with Gasteiger partial charge in [-0.15, -0.1) is 0 Å². The van der Waals surface area contributed by atoms with Gasteiger partial charge in [0.1, 0.15) is 17.5 Å². The van der Waals surface area contributed by atoms with Crippen molar-refractivity contribution < 1.29 is 23.6 Å². The number of rotatable bonds is 6. The molecule has 0 aromatic heterocycles. The van der Waals surface area contributed by atoms with Gasteiger partial charge < -0.3 is 4.74 Å². The molecule has 2 saturated heterocycles. The lowest BCUT2D eigenvalue weighted by atomic mass is 9.90. The molecule has 7 heteroatoms. The Labute approximate surface area is 191 Å². The van der Waals surface area contributed by atoms with E-state index >= 15 is 0 Å². The fraction of sp³-hybridized carbons (Fsp3) is 0.231. The topological polar surface area (TPSA) is 59.1 Å². The number of nitrogens with zero attached hydrogens (tertiary/aromatic N) is 2. The van der Waals surface area contributed by atoms with Crippen LogP contribution in [-0.2, 0) is 14.4 Å². The molecular formula is C26H23FN2O4. The number of benzene rings is 3. The van der Waals surface area contributed by atoms with Crippen LogP contribution in [0.15, 0.2) is 78.9 Å². The quantitative estimate of drug-likeness (QED) is 0.515. The predicted molar refractivity (Wildman–Crippen MR) is 121 cm³/mol. The van der Waals surface area contributed by atoms with Crippen LogP contribution in [0.4, 0.5) is 15.8 Å². The maximum atomic E-state index is 14.9. The summed E-state index contributed by atoms with van der Waals surface area (Å²) in [6.45, 7) is 2.60. The van der Waals surface area contributed by atoms with Gasteiger partial charge in [-0.25, -0.2) is 14.4 Å². The summed E-state index contributed by atoms with van der Waals surface area (Å²) in [4.78, 5) is 34.1. The average molecular weight is 446 g/mol. The molecule has 5 rings (SSSR count). The molecule has 0 radical (unpaired) electrons. The van der Waals surface area contributed by atoms with Crippen molar-refractivity contribution in [3.63, 3.8) is 0 Å². The first-order valence-electron chi connectivity index (χ1n) is 11.0. The van der Waals surface area contributed by atoms with Crippen LogP contribution in [0.5, 0.6) is 5.75 Å². The van der Waals surface area contributed by atoms with Crippen LogP contribution in [0.1, 0.15) is 24.9 Å². The van der Waals surface area contributed by atoms with E-state index < -0.39 is 35.7 Å². The van der Waals surface area contributed by atoms with Crippen molar-refractivity contribution in [3.8, 4) is 5.75 Å². The molecule has 3 aromatic carbocycles. The van der Waals surface area contributed by atoms with Crippen LogP contribution in [-0.4, -0.2) is 24.5 Å². The van der Waals surface area contributed by atoms with Gasteiger partial charge in [-0.2, -0.15) is 0 Å². The van der Waals surface area contributed by atoms with E-state index in [2.05, 4.69) is 0 Å². The third-order valence-electron chi connectivity index (χ3n) is 5.92. The minimum Gasteiger partial charge on any atom is -0.494 e. The summed E-state index contributed by atoms with van der Waals surface area (Å²) in [6.07, 6.45) is -0.167. The second-order valence-electron chi connectivity index (χ2n) is 8.03. The number of para-hydroxylation sites is 1. The standard InChI is InChI=1S/C26H23FN2O4/c1-2-16-32-19-14-12-17(13-15-19)28-25(30)22-23(20-10-6-7-11-21(20)27)29(33-24(22)26(28)31)18-8-4-3-5-9-18/h3-15,22-24H,2,16H2,1H3/t22-,23-,24-/m0/s1. The van der Waals surface area contributed by atoms with Gasteiger partial charge in [0.2, 0.25) is 5.91 Å². The number of anilines is 2. The van der Waals surface area contributed by atoms with Gasteiger partial charge in [0.15, 0.2) is 6.10 Å². The number of hydrogen-bond donors (Lipinski definition) is 0. The van der Waals surface area contributed by atoms with Crippen LogP contribution in [0.3, 0.4) is 0 Å². The number of halogens is 1. The highest BCUT2D eigenvalue weighted by molar-refractivity contribution is 6.23. The fourth-order valence-electron chi connectivity index (χ4n) is 4.41. The van der Waals surface area contributed by atoms with Crippen molar-refractivity contribution in [1.82, 2.24) is 0 Å². The second-order valence-corrected chi connectivity index (χ2v) is 8.03. The van der Waals surface area contributed by atoms with Crippen LogP contribution in [0, 0.1) is 11.7 Å². The number of fused-ring (bicyclic) bond motifs is 1. The maximum absolute atomic E-state index is 14.9. The van der Waals surface area contributed by atoms with Crippen molar-refractivity contribution in [2.24, 2.45) is 5.92 Å². The molecule has 2 heterocycles. The molecule has 33 heavy (non-hydrogen) atoms. The number of imide groups is 1. The smallest absolute Gasteiger partial charge is 0.266 e. The minimum absolute atomic E-state index is 0.306. The molecule has 2 aliphatic heterocycles. The van der Waals surface area contributed by atoms with E-state index in [0.29, 0.717) is 29.3 Å². The van der Waals surface area contributed by atoms with Gasteiger partial charge in [-0.1, -0.05) is 43.3 Å². The predicted octanol–water partition coefficient (Wildman–Crippen LogP) is 4.67. The molecule has 3 aromatic rings. The number of carbonyl (C=O) groups excluding carboxylic acids is 2. The zero-order valence-electron chi connectivity index (χ0n) is 18.1. The van der Waals surface area contributed by atoms with Gasteiger partial charge in [-0.05, 0) is 48.9 Å². The first-order chi connectivity index (χ1) is 16.1. The molecular weight excluding hydrogens is 423 g/mol. The molecule has 168 valence electrons. The average Bonchev–Trinajstić information content (AvgIpc) is 3.35. The fourth-order valence-corrected chi connectivity index (χ4v) is 4.41. The summed E-state index contributed by atoms with van der Waals surface area (Å²) in [5.74, 6) is -1.56. The molecule has 6 nitrogen and oxygen atoms in total. The SMILES string of the molecule is CCCOc1ccc(N2C(=O)[C@@H]3[C@H](ON(c4ccccc4)[C@H]3c3ccccc3F)C2=O)cc1. The summed E-state index contributed by atoms with van der Waals surface area (Å²) in [6, 6.07) is 21.4. The Kier molecular flexibility index (Phi) is 5.56. The number of amides is 2. The number of ether oxygens (including phenoxy) is 1. The molecule has 0 N–H and O–H groups in total. The highest BCUT2D eigenvalue weighted by Gasteiger charge is 2.60. The molecule has 2 aliphatic rings. The molecule has 2 fully saturated rings. The second kappa shape index (κ2) is 8.67. The zero-order valence-corrected chi connectivity index (χ0v) is 18.1. The van der Waals surface area contributed by atoms with Crippen LogP contribution < -0.4 is 14.7 Å². The Morgan fingerprint density at radius 3 is 2.27 bits per heavy atom. The monoisotopic (exact) mass is 446 g/mol. The first-order valence-corrected chi connectivity index (χ1v) is 11.0. The summed E-state index contributed by atoms with van der Waals surface area (Å²) < 4.78 is 20.5. The van der Waals surface area contributed by atoms with Gasteiger partial charge in [0.25, 0.3) is 5.91 Å². The highest BCUT2D eigenvalue weighted by atomic mass is 19.1. The lowest BCUT2D eigenvalue weighted by molar-refractivity contribution is -0.126. The third kappa shape index (κ3) is 3.64. The zero-order chi connectivity index (χ0) is 22.9. The summed E-state index contributed by atoms with van der Waals surface area (Å²) in [7, 11) is 0. The number of carbonyl (C=O) groups is 2. The molecule has 0 aliphatic carbocycles. The molecule has 0 unspecified atom stereocenters. The Hall–Kier alpha value is -3.71. The van der Waals surface area contributed by atoms with E-state index in [1.807, 2.05) is 25.1 Å². The third-order valence-corrected chi connectivity index (χ3v) is 5.92. The highest BCUT2D eigenvalue weighted by Crippen LogP contribution is 2.48. The van der Waals surface area contributed by atoms with E-state index in [-0.39, 0.29) is 0 Å². The minimum atomic E-state index is -1.04. The summed E-state index contributed by atoms with van der Waals surface area (Å²) in [5.41, 5.74) is 1.38. The first kappa shape index (κ1) is 21.2. The van der Waals surface area contributed by atoms with Crippen molar-refractivity contribution >= 4 is 23.2 Å². The van der Waals surface area contributed by atoms with Crippen molar-refractivity contribution in [2.75, 3.05) is 16.6 Å². The maximum Gasteiger partial charge on any atom is 0.266 e. The summed E-state index contributed by atoms with van der Waals surface area (Å²) >= 11 is 0. The van der Waals surface area contributed by atoms with Crippen molar-refractivity contribution in [2.45, 2.75) is 25.5 Å². The van der Waals surface area contributed by atoms with Gasteiger partial charge in [0, 0.05) is 5.56 Å². The van der Waals surface area contributed by atoms with Crippen LogP contribution in [0.2, 0.25) is 0 Å². The van der Waals surface area contributed by atoms with E-state index in [1.54, 1.807) is 54.6 Å². The van der Waals surface area contributed by atoms with E-state index in [0.717, 1.165) is 11.3 Å². The van der Waals surface area contributed by atoms with E-state index in [1.165, 1.54) is 11.1 Å². The molecule has 0 saturated carbocycles. The van der Waals surface area contributed by atoms with E-state index in [4.69, 9.17) is 9.57 Å². The lowest BCUT2D eigenvalue weighted by Gasteiger charge is -2.29. The van der Waals surface area contributed by atoms with Gasteiger partial charge in [-0.3, -0.25) is 14.4 Å². The lowest BCUT2D eigenvalue weighted by Crippen LogP contribution is -2.37. The number of hydrogen-bond acceptors (Lipinski definition) is 5. The Balaban J connectivity index is 1.51. The Morgan fingerprint density at radius 1 is 0.879 bits per heavy atom. The summed E-state index contributed by atoms with van der Waals surface area (Å²) in [5, 5.41) is 1.49.